The van der Waals surface area contributed by atoms with Crippen molar-refractivity contribution in [1.29, 1.82) is 0 Å². The van der Waals surface area contributed by atoms with Gasteiger partial charge in [-0.2, -0.15) is 0 Å². The zero-order valence-corrected chi connectivity index (χ0v) is 19.9. The molecule has 5 aromatic carbocycles. The van der Waals surface area contributed by atoms with Crippen molar-refractivity contribution >= 4 is 40.5 Å². The molecule has 164 valence electrons. The molecule has 0 saturated carbocycles. The third kappa shape index (κ3) is 3.64. The van der Waals surface area contributed by atoms with Crippen LogP contribution in [0.3, 0.4) is 0 Å². The van der Waals surface area contributed by atoms with E-state index in [0.29, 0.717) is 0 Å². The Morgan fingerprint density at radius 3 is 0.848 bits per heavy atom. The molecule has 0 heterocycles. The van der Waals surface area contributed by atoms with Crippen LogP contribution in [0.4, 0.5) is 0 Å². The van der Waals surface area contributed by atoms with Crippen molar-refractivity contribution in [2.45, 2.75) is 0 Å². The molecule has 0 N–H and O–H groups in total. The van der Waals surface area contributed by atoms with Gasteiger partial charge in [0.25, 0.3) is 0 Å². The monoisotopic (exact) mass is 468 g/mol. The molecule has 3 heteroatoms. The van der Waals surface area contributed by atoms with E-state index >= 15 is 0 Å². The van der Waals surface area contributed by atoms with E-state index in [-0.39, 0.29) is 12.4 Å². The van der Waals surface area contributed by atoms with Gasteiger partial charge in [-0.15, -0.1) is 12.4 Å². The summed E-state index contributed by atoms with van der Waals surface area (Å²) in [5.74, 6) is 0.852. The zero-order valence-electron chi connectivity index (χ0n) is 18.2. The quantitative estimate of drug-likeness (QED) is 0.267. The Morgan fingerprint density at radius 2 is 0.576 bits per heavy atom. The summed E-state index contributed by atoms with van der Waals surface area (Å²) in [6.45, 7) is -3.62. The molecule has 0 aliphatic rings. The molecule has 0 unspecified atom stereocenters. The molecule has 0 fully saturated rings. The first kappa shape index (κ1) is 22.8. The topological polar surface area (TPSA) is 9.23 Å². The molecule has 0 aromatic heterocycles. The van der Waals surface area contributed by atoms with E-state index in [1.54, 1.807) is 0 Å². The predicted octanol–water partition coefficient (Wildman–Crippen LogP) is 6.26. The van der Waals surface area contributed by atoms with E-state index < -0.39 is 6.83 Å². The molecule has 0 spiro atoms. The average Bonchev–Trinajstić information content (AvgIpc) is 2.90. The van der Waals surface area contributed by atoms with Gasteiger partial charge in [-0.1, -0.05) is 0 Å². The fourth-order valence-corrected chi connectivity index (χ4v) is 10.4. The molecule has 0 radical (unpaired) electrons. The second-order valence-corrected chi connectivity index (χ2v) is 12.1. The van der Waals surface area contributed by atoms with Crippen molar-refractivity contribution in [3.63, 3.8) is 0 Å². The number of para-hydroxylation sites is 1. The van der Waals surface area contributed by atoms with Crippen molar-refractivity contribution in [2.75, 3.05) is 0 Å². The molecule has 5 rings (SSSR count). The fraction of sp³-hybridized carbons (Fsp3) is 0. The van der Waals surface area contributed by atoms with E-state index in [2.05, 4.69) is 133 Å². The molecule has 0 bridgehead atoms. The van der Waals surface area contributed by atoms with Crippen LogP contribution >= 0.6 is 19.2 Å². The van der Waals surface area contributed by atoms with Crippen molar-refractivity contribution in [3.8, 4) is 5.75 Å². The fourth-order valence-electron chi connectivity index (χ4n) is 4.65. The van der Waals surface area contributed by atoms with Crippen LogP contribution in [0.5, 0.6) is 5.75 Å². The van der Waals surface area contributed by atoms with Gasteiger partial charge in [0.15, 0.2) is 0 Å². The van der Waals surface area contributed by atoms with Crippen LogP contribution in [0.15, 0.2) is 152 Å². The van der Waals surface area contributed by atoms with Crippen LogP contribution in [-0.2, 0) is 0 Å². The normalized spacial score (nSPS) is 12.1. The van der Waals surface area contributed by atoms with Crippen LogP contribution in [0.2, 0.25) is 0 Å². The minimum absolute atomic E-state index is 0. The Balaban J connectivity index is 0.00000259. The Kier molecular flexibility index (Phi) is 6.65. The van der Waals surface area contributed by atoms with Gasteiger partial charge in [-0.3, -0.25) is 0 Å². The van der Waals surface area contributed by atoms with E-state index in [4.69, 9.17) is 4.52 Å². The van der Waals surface area contributed by atoms with Crippen molar-refractivity contribution in [2.24, 2.45) is 0 Å². The van der Waals surface area contributed by atoms with Gasteiger partial charge >= 0.3 is 190 Å². The van der Waals surface area contributed by atoms with Crippen molar-refractivity contribution in [1.82, 2.24) is 0 Å². The van der Waals surface area contributed by atoms with Gasteiger partial charge in [0.05, 0.1) is 0 Å². The maximum absolute atomic E-state index is 7.46. The van der Waals surface area contributed by atoms with Gasteiger partial charge in [-0.25, -0.2) is 0 Å². The molecular weight excluding hydrogens is 443 g/mol. The number of hydrogen-bond acceptors (Lipinski definition) is 1. The molecule has 0 atom stereocenters. The van der Waals surface area contributed by atoms with Gasteiger partial charge < -0.3 is 0 Å². The molecule has 0 aliphatic heterocycles. The van der Waals surface area contributed by atoms with E-state index in [9.17, 15) is 0 Å². The second kappa shape index (κ2) is 9.63. The average molecular weight is 469 g/mol. The Hall–Kier alpha value is -3.38. The third-order valence-corrected chi connectivity index (χ3v) is 11.7. The molecule has 1 nitrogen and oxygen atoms in total. The van der Waals surface area contributed by atoms with E-state index in [1.807, 2.05) is 18.2 Å². The summed E-state index contributed by atoms with van der Waals surface area (Å²) in [4.78, 5) is 0. The zero-order chi connectivity index (χ0) is 21.7. The number of rotatable bonds is 6. The minimum atomic E-state index is -3.62. The number of benzene rings is 5. The second-order valence-electron chi connectivity index (χ2n) is 7.78. The summed E-state index contributed by atoms with van der Waals surface area (Å²) >= 11 is 0. The molecule has 0 saturated heterocycles. The Labute approximate surface area is 202 Å². The summed E-state index contributed by atoms with van der Waals surface area (Å²) < 4.78 is 7.46. The Bertz CT molecular complexity index is 1110. The first-order valence-electron chi connectivity index (χ1n) is 10.8. The summed E-state index contributed by atoms with van der Waals surface area (Å²) in [5, 5.41) is 4.69. The maximum atomic E-state index is 7.46. The first-order chi connectivity index (χ1) is 15.8. The van der Waals surface area contributed by atoms with Crippen LogP contribution in [0, 0.1) is 0 Å². The molecule has 33 heavy (non-hydrogen) atoms. The summed E-state index contributed by atoms with van der Waals surface area (Å²) in [7, 11) is 0. The van der Waals surface area contributed by atoms with Gasteiger partial charge in [0, 0.05) is 0 Å². The van der Waals surface area contributed by atoms with Crippen LogP contribution in [0.25, 0.3) is 0 Å². The van der Waals surface area contributed by atoms with Gasteiger partial charge in [0.2, 0.25) is 0 Å². The Morgan fingerprint density at radius 1 is 0.333 bits per heavy atom. The van der Waals surface area contributed by atoms with Gasteiger partial charge in [-0.05, 0) is 0 Å². The molecule has 5 aromatic rings. The van der Waals surface area contributed by atoms with E-state index in [1.165, 1.54) is 21.2 Å². The summed E-state index contributed by atoms with van der Waals surface area (Å²) in [6.07, 6.45) is 0. The predicted molar refractivity (Wildman–Crippen MR) is 146 cm³/mol. The van der Waals surface area contributed by atoms with Gasteiger partial charge in [0.1, 0.15) is 0 Å². The summed E-state index contributed by atoms with van der Waals surface area (Å²) in [5.41, 5.74) is 0. The van der Waals surface area contributed by atoms with E-state index in [0.717, 1.165) is 5.75 Å². The van der Waals surface area contributed by atoms with Crippen molar-refractivity contribution in [3.05, 3.63) is 152 Å². The molecule has 0 aliphatic carbocycles. The number of halogens is 1. The summed E-state index contributed by atoms with van der Waals surface area (Å²) in [6, 6.07) is 53.1. The number of hydrogen-bond donors (Lipinski definition) is 0. The SMILES string of the molecule is Cl.c1ccc(OP(c2ccccc2)(c2ccccc2)(c2ccccc2)c2ccccc2)cc1. The molecule has 0 amide bonds. The third-order valence-electron chi connectivity index (χ3n) is 6.03. The van der Waals surface area contributed by atoms with Crippen LogP contribution in [-0.4, -0.2) is 0 Å². The van der Waals surface area contributed by atoms with Crippen molar-refractivity contribution < 1.29 is 4.52 Å². The van der Waals surface area contributed by atoms with Crippen LogP contribution in [0.1, 0.15) is 0 Å². The molecular formula is C30H26ClOP. The standard InChI is InChI=1S/C30H25OP.ClH/c1-6-16-26(17-7-1)31-32(27-18-8-2-9-19-27,28-20-10-3-11-21-28,29-22-12-4-13-23-29)30-24-14-5-15-25-30;/h1-25H;1H. The van der Waals surface area contributed by atoms with Crippen LogP contribution < -0.4 is 25.7 Å². The first-order valence-corrected chi connectivity index (χ1v) is 13.0.